The van der Waals surface area contributed by atoms with E-state index in [1.54, 1.807) is 0 Å². The lowest BCUT2D eigenvalue weighted by Crippen LogP contribution is -2.38. The Morgan fingerprint density at radius 3 is 2.31 bits per heavy atom. The van der Waals surface area contributed by atoms with E-state index >= 15 is 0 Å². The van der Waals surface area contributed by atoms with E-state index in [9.17, 15) is 8.42 Å². The highest BCUT2D eigenvalue weighted by atomic mass is 32.3. The van der Waals surface area contributed by atoms with Gasteiger partial charge < -0.3 is 0 Å². The van der Waals surface area contributed by atoms with Crippen molar-refractivity contribution in [1.29, 1.82) is 0 Å². The number of allylic oxidation sites excluding steroid dienone is 2. The quantitative estimate of drug-likeness (QED) is 0.561. The molecule has 72 valence electrons. The number of rotatable bonds is 0. The van der Waals surface area contributed by atoms with E-state index in [-0.39, 0.29) is 4.08 Å². The molecule has 4 atom stereocenters. The van der Waals surface area contributed by atoms with E-state index in [0.29, 0.717) is 23.3 Å². The smallest absolute Gasteiger partial charge is 0.127 e. The zero-order valence-corrected chi connectivity index (χ0v) is 8.90. The fraction of sp³-hybridized carbons (Fsp3) is 0.778. The number of fused-ring (bicyclic) bond motifs is 3. The van der Waals surface area contributed by atoms with Crippen molar-refractivity contribution >= 4 is 21.6 Å². The summed E-state index contributed by atoms with van der Waals surface area (Å²) >= 11 is 0. The van der Waals surface area contributed by atoms with Gasteiger partial charge in [-0.05, 0) is 18.8 Å². The molecule has 0 amide bonds. The van der Waals surface area contributed by atoms with Gasteiger partial charge in [0, 0.05) is 39.0 Å². The first-order valence-corrected chi connectivity index (χ1v) is 7.32. The average Bonchev–Trinajstić information content (AvgIpc) is 2.77. The Bertz CT molecular complexity index is 319. The van der Waals surface area contributed by atoms with Crippen LogP contribution in [0.4, 0.5) is 0 Å². The molecule has 2 unspecified atom stereocenters. The van der Waals surface area contributed by atoms with E-state index in [1.807, 2.05) is 0 Å². The van der Waals surface area contributed by atoms with Gasteiger partial charge in [-0.2, -0.15) is 0 Å². The van der Waals surface area contributed by atoms with Gasteiger partial charge in [-0.15, -0.1) is 0 Å². The fourth-order valence-corrected chi connectivity index (χ4v) is 7.95. The lowest BCUT2D eigenvalue weighted by atomic mass is 10.1. The van der Waals surface area contributed by atoms with Crippen LogP contribution in [0.3, 0.4) is 0 Å². The molecule has 2 fully saturated rings. The first-order chi connectivity index (χ1) is 6.23. The van der Waals surface area contributed by atoms with Crippen LogP contribution >= 0.6 is 0 Å². The van der Waals surface area contributed by atoms with Gasteiger partial charge in [0.05, 0.1) is 0 Å². The molecule has 0 aromatic rings. The third-order valence-corrected chi connectivity index (χ3v) is 8.51. The summed E-state index contributed by atoms with van der Waals surface area (Å²) in [5.74, 6) is 2.23. The molecular weight excluding hydrogens is 204 g/mol. The van der Waals surface area contributed by atoms with E-state index in [2.05, 4.69) is 12.2 Å². The molecule has 1 saturated carbocycles. The summed E-state index contributed by atoms with van der Waals surface area (Å²) in [5, 5.41) is 0. The topological polar surface area (TPSA) is 34.1 Å². The zero-order chi connectivity index (χ0) is 9.05. The largest absolute Gasteiger partial charge is 0.258 e. The molecule has 0 N–H and O–H groups in total. The normalized spacial score (nSPS) is 58.2. The molecule has 3 rings (SSSR count). The molecule has 2 aliphatic carbocycles. The summed E-state index contributed by atoms with van der Waals surface area (Å²) in [6.45, 7) is 0. The predicted molar refractivity (Wildman–Crippen MR) is 54.1 cm³/mol. The van der Waals surface area contributed by atoms with Crippen LogP contribution in [-0.2, 0) is 21.6 Å². The van der Waals surface area contributed by atoms with Crippen molar-refractivity contribution in [2.75, 3.05) is 11.5 Å². The molecule has 2 nitrogen and oxygen atoms in total. The Kier molecular flexibility index (Phi) is 1.63. The van der Waals surface area contributed by atoms with Crippen molar-refractivity contribution < 1.29 is 8.42 Å². The minimum absolute atomic E-state index is 0.320. The van der Waals surface area contributed by atoms with Crippen LogP contribution in [-0.4, -0.2) is 24.0 Å². The van der Waals surface area contributed by atoms with Crippen LogP contribution in [0.5, 0.6) is 0 Å². The van der Waals surface area contributed by atoms with Crippen LogP contribution in [0, 0.1) is 11.8 Å². The van der Waals surface area contributed by atoms with Crippen LogP contribution in [0.2, 0.25) is 0 Å². The lowest BCUT2D eigenvalue weighted by Gasteiger charge is -2.27. The minimum atomic E-state index is -0.838. The van der Waals surface area contributed by atoms with Gasteiger partial charge in [0.15, 0.2) is 0 Å². The molecule has 3 aliphatic rings. The van der Waals surface area contributed by atoms with E-state index in [1.165, 1.54) is 0 Å². The van der Waals surface area contributed by atoms with Crippen molar-refractivity contribution in [1.82, 2.24) is 0 Å². The number of hydrogen-bond donors (Lipinski definition) is 0. The van der Waals surface area contributed by atoms with Crippen molar-refractivity contribution in [3.05, 3.63) is 12.2 Å². The summed E-state index contributed by atoms with van der Waals surface area (Å²) in [6, 6.07) is 0. The second-order valence-electron chi connectivity index (χ2n) is 4.10. The van der Waals surface area contributed by atoms with Gasteiger partial charge in [0.1, 0.15) is 4.08 Å². The molecule has 2 bridgehead atoms. The average molecular weight is 216 g/mol. The Morgan fingerprint density at radius 1 is 1.15 bits per heavy atom. The molecule has 0 aromatic heterocycles. The van der Waals surface area contributed by atoms with Gasteiger partial charge in [-0.3, -0.25) is 8.42 Å². The van der Waals surface area contributed by atoms with E-state index < -0.39 is 21.6 Å². The number of hydrogen-bond acceptors (Lipinski definition) is 2. The molecule has 0 aromatic carbocycles. The maximum Gasteiger partial charge on any atom is 0.127 e. The van der Waals surface area contributed by atoms with Gasteiger partial charge in [0.25, 0.3) is 0 Å². The van der Waals surface area contributed by atoms with Crippen LogP contribution in [0.25, 0.3) is 0 Å². The second kappa shape index (κ2) is 2.54. The molecule has 13 heavy (non-hydrogen) atoms. The third-order valence-electron chi connectivity index (χ3n) is 3.51. The Labute approximate surface area is 82.7 Å². The van der Waals surface area contributed by atoms with Gasteiger partial charge in [-0.25, -0.2) is 0 Å². The van der Waals surface area contributed by atoms with Crippen molar-refractivity contribution in [3.63, 3.8) is 0 Å². The standard InChI is InChI=1S/C9H12O2S2/c10-12-3-4-13(11)9(12)6-7-1-2-8(9)5-7/h1-2,7-8H,3-6H2/t7-,8+,9?,12?,13?/m0/s1. The molecule has 1 aliphatic heterocycles. The summed E-state index contributed by atoms with van der Waals surface area (Å²) in [7, 11) is -1.68. The Hall–Kier alpha value is 0.0400. The molecule has 0 radical (unpaired) electrons. The molecule has 4 heteroatoms. The van der Waals surface area contributed by atoms with Crippen LogP contribution < -0.4 is 0 Å². The van der Waals surface area contributed by atoms with Gasteiger partial charge in [0.2, 0.25) is 0 Å². The Balaban J connectivity index is 2.10. The summed E-state index contributed by atoms with van der Waals surface area (Å²) in [4.78, 5) is 0. The maximum absolute atomic E-state index is 11.9. The Morgan fingerprint density at radius 2 is 1.85 bits per heavy atom. The fourth-order valence-electron chi connectivity index (χ4n) is 2.89. The first-order valence-electron chi connectivity index (χ1n) is 4.69. The highest BCUT2D eigenvalue weighted by molar-refractivity contribution is 8.07. The molecule has 1 saturated heterocycles. The van der Waals surface area contributed by atoms with Crippen LogP contribution in [0.15, 0.2) is 12.2 Å². The highest BCUT2D eigenvalue weighted by Gasteiger charge is 2.59. The summed E-state index contributed by atoms with van der Waals surface area (Å²) in [6.07, 6.45) is 6.36. The highest BCUT2D eigenvalue weighted by Crippen LogP contribution is 2.53. The van der Waals surface area contributed by atoms with Gasteiger partial charge >= 0.3 is 0 Å². The molecular formula is C9H12O2S2. The van der Waals surface area contributed by atoms with E-state index in [4.69, 9.17) is 0 Å². The zero-order valence-electron chi connectivity index (χ0n) is 7.27. The SMILES string of the molecule is O=S1CCS(=O)C12C[C@H]1C=C[C@@H]2C1. The lowest BCUT2D eigenvalue weighted by molar-refractivity contribution is 0.596. The maximum atomic E-state index is 11.9. The summed E-state index contributed by atoms with van der Waals surface area (Å²) in [5.41, 5.74) is 0. The van der Waals surface area contributed by atoms with Crippen molar-refractivity contribution in [2.45, 2.75) is 16.9 Å². The third kappa shape index (κ3) is 0.885. The summed E-state index contributed by atoms with van der Waals surface area (Å²) < 4.78 is 23.4. The van der Waals surface area contributed by atoms with Crippen molar-refractivity contribution in [3.8, 4) is 0 Å². The second-order valence-corrected chi connectivity index (χ2v) is 8.02. The minimum Gasteiger partial charge on any atom is -0.258 e. The van der Waals surface area contributed by atoms with Crippen molar-refractivity contribution in [2.24, 2.45) is 11.8 Å². The monoisotopic (exact) mass is 216 g/mol. The van der Waals surface area contributed by atoms with Gasteiger partial charge in [-0.1, -0.05) is 12.2 Å². The first kappa shape index (κ1) is 8.36. The van der Waals surface area contributed by atoms with E-state index in [0.717, 1.165) is 12.8 Å². The van der Waals surface area contributed by atoms with Crippen LogP contribution in [0.1, 0.15) is 12.8 Å². The predicted octanol–water partition coefficient (Wildman–Crippen LogP) is 0.790. The molecule has 1 spiro atoms. The molecule has 1 heterocycles.